The summed E-state index contributed by atoms with van der Waals surface area (Å²) in [6, 6.07) is 0.136. The predicted molar refractivity (Wildman–Crippen MR) is 174 cm³/mol. The number of ether oxygens (including phenoxy) is 2. The third-order valence-electron chi connectivity index (χ3n) is 9.37. The van der Waals surface area contributed by atoms with Gasteiger partial charge in [-0.05, 0) is 64.2 Å². The Hall–Kier alpha value is -3.64. The van der Waals surface area contributed by atoms with Crippen molar-refractivity contribution in [1.82, 2.24) is 30.3 Å². The first kappa shape index (κ1) is 33.7. The van der Waals surface area contributed by atoms with E-state index in [1.807, 2.05) is 30.6 Å². The van der Waals surface area contributed by atoms with Crippen LogP contribution in [-0.4, -0.2) is 94.0 Å². The van der Waals surface area contributed by atoms with E-state index >= 15 is 0 Å². The molecule has 2 aromatic heterocycles. The number of aromatic nitrogens is 4. The quantitative estimate of drug-likeness (QED) is 0.388. The van der Waals surface area contributed by atoms with Crippen LogP contribution in [0, 0.1) is 17.8 Å². The highest BCUT2D eigenvalue weighted by molar-refractivity contribution is 5.78. The van der Waals surface area contributed by atoms with E-state index in [0.29, 0.717) is 68.1 Å². The maximum atomic E-state index is 12.9. The monoisotopic (exact) mass is 640 g/mol. The Balaban J connectivity index is 1.11. The molecule has 13 nitrogen and oxygen atoms in total. The highest BCUT2D eigenvalue weighted by Gasteiger charge is 2.42. The van der Waals surface area contributed by atoms with Crippen molar-refractivity contribution in [1.29, 1.82) is 0 Å². The highest BCUT2D eigenvalue weighted by atomic mass is 16.6. The molecule has 2 aromatic rings. The van der Waals surface area contributed by atoms with Crippen molar-refractivity contribution in [3.05, 3.63) is 18.2 Å². The molecule has 0 aliphatic carbocycles. The number of alkyl carbamates (subject to hydrolysis) is 1. The van der Waals surface area contributed by atoms with Crippen LogP contribution in [0.15, 0.2) is 16.9 Å². The van der Waals surface area contributed by atoms with Gasteiger partial charge in [0.05, 0.1) is 31.1 Å². The van der Waals surface area contributed by atoms with Crippen LogP contribution in [0.4, 0.5) is 16.8 Å². The summed E-state index contributed by atoms with van der Waals surface area (Å²) in [5.41, 5.74) is -0.615. The molecule has 0 aromatic carbocycles. The molecule has 3 aliphatic heterocycles. The van der Waals surface area contributed by atoms with Crippen LogP contribution in [0.3, 0.4) is 0 Å². The van der Waals surface area contributed by atoms with Gasteiger partial charge in [0, 0.05) is 45.1 Å². The minimum atomic E-state index is -0.615. The summed E-state index contributed by atoms with van der Waals surface area (Å²) < 4.78 is 17.1. The molecule has 0 radical (unpaired) electrons. The summed E-state index contributed by atoms with van der Waals surface area (Å²) in [5.74, 6) is 3.85. The van der Waals surface area contributed by atoms with Crippen LogP contribution < -0.4 is 19.9 Å². The predicted octanol–water partition coefficient (Wildman–Crippen LogP) is 4.65. The van der Waals surface area contributed by atoms with Crippen molar-refractivity contribution < 1.29 is 23.6 Å². The fraction of sp³-hybridized carbons (Fsp3) is 0.758. The van der Waals surface area contributed by atoms with Gasteiger partial charge in [-0.3, -0.25) is 4.79 Å². The summed E-state index contributed by atoms with van der Waals surface area (Å²) in [5, 5.41) is 7.12. The van der Waals surface area contributed by atoms with Gasteiger partial charge in [0.1, 0.15) is 5.60 Å². The van der Waals surface area contributed by atoms with E-state index in [1.165, 1.54) is 0 Å². The zero-order valence-electron chi connectivity index (χ0n) is 28.6. The van der Waals surface area contributed by atoms with Crippen LogP contribution in [0.5, 0.6) is 5.75 Å². The van der Waals surface area contributed by atoms with Gasteiger partial charge >= 0.3 is 12.1 Å². The minimum Gasteiger partial charge on any atom is -0.490 e. The molecule has 254 valence electrons. The van der Waals surface area contributed by atoms with Crippen molar-refractivity contribution in [2.24, 2.45) is 17.8 Å². The average molecular weight is 641 g/mol. The minimum absolute atomic E-state index is 0.123. The summed E-state index contributed by atoms with van der Waals surface area (Å²) in [7, 11) is 0. The molecule has 3 saturated heterocycles. The lowest BCUT2D eigenvalue weighted by Gasteiger charge is -2.37. The Bertz CT molecular complexity index is 1300. The third-order valence-corrected chi connectivity index (χ3v) is 9.37. The zero-order chi connectivity index (χ0) is 33.0. The molecule has 3 fully saturated rings. The third kappa shape index (κ3) is 8.58. The second-order valence-corrected chi connectivity index (χ2v) is 14.7. The first-order chi connectivity index (χ1) is 21.9. The van der Waals surface area contributed by atoms with Crippen molar-refractivity contribution in [3.63, 3.8) is 0 Å². The van der Waals surface area contributed by atoms with Gasteiger partial charge in [-0.2, -0.15) is 4.98 Å². The molecule has 1 N–H and O–H groups in total. The van der Waals surface area contributed by atoms with Gasteiger partial charge in [-0.1, -0.05) is 32.9 Å². The first-order valence-electron chi connectivity index (χ1n) is 16.9. The number of rotatable bonds is 10. The summed E-state index contributed by atoms with van der Waals surface area (Å²) >= 11 is 0. The Morgan fingerprint density at radius 1 is 1.07 bits per heavy atom. The molecule has 0 saturated carbocycles. The number of nitrogens with one attached hydrogen (secondary N) is 1. The standard InChI is InChI=1S/C33H52N8O5/c1-21(2)29-37-31(46-38-29)39-13-10-24(11-14-39)23(4)12-15-44-25-16-34-30(35-17-25)40-19-26(36-32(43)45-33(5,6)7)27(20-40)41-18-22(3)8-9-28(41)42/h16-17,21-24,26-27H,8-15,18-20H2,1-7H3,(H,36,43)/t22-,23-,26+,27+/m1/s1. The SMILES string of the molecule is CC(C)c1noc(N2CCC([C@H](C)CCOc3cnc(N4C[C@H](NC(=O)OC(C)(C)C)[C@@H](N5C[C@H](C)CCC5=O)C4)nc3)CC2)n1. The zero-order valence-corrected chi connectivity index (χ0v) is 28.6. The lowest BCUT2D eigenvalue weighted by atomic mass is 9.84. The van der Waals surface area contributed by atoms with E-state index in [9.17, 15) is 9.59 Å². The van der Waals surface area contributed by atoms with Crippen molar-refractivity contribution in [2.75, 3.05) is 49.1 Å². The van der Waals surface area contributed by atoms with E-state index < -0.39 is 11.7 Å². The number of nitrogens with zero attached hydrogens (tertiary/aromatic N) is 7. The lowest BCUT2D eigenvalue weighted by molar-refractivity contribution is -0.137. The Morgan fingerprint density at radius 2 is 1.78 bits per heavy atom. The maximum absolute atomic E-state index is 12.9. The molecule has 3 aliphatic rings. The fourth-order valence-electron chi connectivity index (χ4n) is 6.62. The van der Waals surface area contributed by atoms with Gasteiger partial charge in [0.2, 0.25) is 11.9 Å². The summed E-state index contributed by atoms with van der Waals surface area (Å²) in [6.07, 6.45) is 7.45. The number of carbonyl (C=O) groups is 2. The molecule has 13 heteroatoms. The molecular formula is C33H52N8O5. The summed E-state index contributed by atoms with van der Waals surface area (Å²) in [6.45, 7) is 18.2. The van der Waals surface area contributed by atoms with Gasteiger partial charge in [-0.25, -0.2) is 14.8 Å². The highest BCUT2D eigenvalue weighted by Crippen LogP contribution is 2.30. The Labute approximate surface area is 272 Å². The van der Waals surface area contributed by atoms with E-state index in [0.717, 1.165) is 44.6 Å². The maximum Gasteiger partial charge on any atom is 0.408 e. The van der Waals surface area contributed by atoms with Crippen LogP contribution in [0.1, 0.15) is 92.3 Å². The number of likely N-dealkylation sites (tertiary alicyclic amines) is 1. The second kappa shape index (κ2) is 14.4. The fourth-order valence-corrected chi connectivity index (χ4v) is 6.62. The van der Waals surface area contributed by atoms with E-state index in [-0.39, 0.29) is 23.9 Å². The number of hydrogen-bond acceptors (Lipinski definition) is 11. The van der Waals surface area contributed by atoms with Gasteiger partial charge in [0.15, 0.2) is 11.6 Å². The molecule has 5 heterocycles. The van der Waals surface area contributed by atoms with E-state index in [4.69, 9.17) is 14.0 Å². The topological polar surface area (TPSA) is 139 Å². The molecule has 46 heavy (non-hydrogen) atoms. The largest absolute Gasteiger partial charge is 0.490 e. The average Bonchev–Trinajstić information content (AvgIpc) is 3.66. The van der Waals surface area contributed by atoms with Crippen LogP contribution >= 0.6 is 0 Å². The number of carbonyl (C=O) groups excluding carboxylic acids is 2. The normalized spacial score (nSPS) is 23.6. The molecule has 5 rings (SSSR count). The van der Waals surface area contributed by atoms with Gasteiger partial charge in [-0.15, -0.1) is 0 Å². The van der Waals surface area contributed by atoms with Gasteiger partial charge < -0.3 is 34.0 Å². The molecule has 2 amide bonds. The second-order valence-electron chi connectivity index (χ2n) is 14.7. The Kier molecular flexibility index (Phi) is 10.6. The Morgan fingerprint density at radius 3 is 2.43 bits per heavy atom. The van der Waals surface area contributed by atoms with Crippen molar-refractivity contribution in [2.45, 2.75) is 104 Å². The van der Waals surface area contributed by atoms with Crippen molar-refractivity contribution >= 4 is 24.0 Å². The van der Waals surface area contributed by atoms with Crippen LogP contribution in [0.2, 0.25) is 0 Å². The van der Waals surface area contributed by atoms with Crippen molar-refractivity contribution in [3.8, 4) is 5.75 Å². The number of hydrogen-bond donors (Lipinski definition) is 1. The van der Waals surface area contributed by atoms with E-state index in [1.54, 1.807) is 12.4 Å². The molecular weight excluding hydrogens is 588 g/mol. The molecule has 0 spiro atoms. The smallest absolute Gasteiger partial charge is 0.408 e. The van der Waals surface area contributed by atoms with Gasteiger partial charge in [0.25, 0.3) is 0 Å². The molecule has 4 atom stereocenters. The number of anilines is 2. The lowest BCUT2D eigenvalue weighted by Crippen LogP contribution is -2.56. The number of amides is 2. The first-order valence-corrected chi connectivity index (χ1v) is 16.9. The van der Waals surface area contributed by atoms with Crippen LogP contribution in [-0.2, 0) is 9.53 Å². The molecule has 0 bridgehead atoms. The summed E-state index contributed by atoms with van der Waals surface area (Å²) in [4.78, 5) is 45.5. The van der Waals surface area contributed by atoms with E-state index in [2.05, 4.69) is 58.0 Å². The number of piperidine rings is 2. The van der Waals surface area contributed by atoms with Crippen LogP contribution in [0.25, 0.3) is 0 Å². The molecule has 0 unspecified atom stereocenters.